The topological polar surface area (TPSA) is 75.6 Å². The van der Waals surface area contributed by atoms with Gasteiger partial charge >= 0.3 is 5.97 Å². The van der Waals surface area contributed by atoms with Gasteiger partial charge in [0.1, 0.15) is 0 Å². The number of benzene rings is 1. The van der Waals surface area contributed by atoms with E-state index in [1.54, 1.807) is 12.1 Å². The van der Waals surface area contributed by atoms with Crippen LogP contribution in [0.2, 0.25) is 5.02 Å². The lowest BCUT2D eigenvalue weighted by molar-refractivity contribution is -0.148. The number of hydrogen-bond acceptors (Lipinski definition) is 3. The average molecular weight is 286 g/mol. The Bertz CT molecular complexity index is 433. The predicted molar refractivity (Wildman–Crippen MR) is 71.2 cm³/mol. The second-order valence-corrected chi connectivity index (χ2v) is 4.43. The van der Waals surface area contributed by atoms with Gasteiger partial charge in [-0.1, -0.05) is 23.7 Å². The summed E-state index contributed by atoms with van der Waals surface area (Å²) in [7, 11) is 1.29. The van der Waals surface area contributed by atoms with Crippen molar-refractivity contribution in [3.63, 3.8) is 0 Å². The molecule has 0 aliphatic heterocycles. The summed E-state index contributed by atoms with van der Waals surface area (Å²) in [5, 5.41) is 11.9. The van der Waals surface area contributed by atoms with Crippen molar-refractivity contribution in [2.75, 3.05) is 13.7 Å². The zero-order valence-corrected chi connectivity index (χ0v) is 11.3. The highest BCUT2D eigenvalue weighted by Crippen LogP contribution is 2.10. The van der Waals surface area contributed by atoms with Gasteiger partial charge in [-0.2, -0.15) is 0 Å². The summed E-state index contributed by atoms with van der Waals surface area (Å²) in [6.07, 6.45) is -0.148. The monoisotopic (exact) mass is 285 g/mol. The molecule has 0 spiro atoms. The van der Waals surface area contributed by atoms with E-state index in [1.807, 2.05) is 12.1 Å². The highest BCUT2D eigenvalue weighted by Gasteiger charge is 2.16. The molecule has 1 atom stereocenters. The van der Waals surface area contributed by atoms with Crippen molar-refractivity contribution < 1.29 is 19.4 Å². The molecule has 1 rings (SSSR count). The summed E-state index contributed by atoms with van der Waals surface area (Å²) in [6, 6.07) is 7.23. The maximum absolute atomic E-state index is 11.5. The summed E-state index contributed by atoms with van der Waals surface area (Å²) < 4.78 is 4.71. The Morgan fingerprint density at radius 1 is 1.37 bits per heavy atom. The molecule has 0 aliphatic carbocycles. The number of aryl methyl sites for hydroxylation is 1. The van der Waals surface area contributed by atoms with E-state index in [2.05, 4.69) is 5.32 Å². The highest BCUT2D eigenvalue weighted by atomic mass is 35.5. The number of halogens is 1. The molecule has 104 valence electrons. The average Bonchev–Trinajstić information content (AvgIpc) is 2.38. The Morgan fingerprint density at radius 3 is 2.53 bits per heavy atom. The zero-order valence-electron chi connectivity index (χ0n) is 10.6. The molecule has 0 bridgehead atoms. The molecular weight excluding hydrogens is 270 g/mol. The third-order valence-corrected chi connectivity index (χ3v) is 2.85. The quantitative estimate of drug-likeness (QED) is 0.796. The minimum atomic E-state index is -1.10. The minimum absolute atomic E-state index is 0.0364. The Morgan fingerprint density at radius 2 is 2.00 bits per heavy atom. The van der Waals surface area contributed by atoms with Crippen molar-refractivity contribution in [1.29, 1.82) is 0 Å². The number of hydrogen-bond donors (Lipinski definition) is 2. The van der Waals surface area contributed by atoms with E-state index < -0.39 is 12.1 Å². The second kappa shape index (κ2) is 7.76. The molecule has 0 heterocycles. The van der Waals surface area contributed by atoms with Crippen LogP contribution in [0.5, 0.6) is 0 Å². The smallest absolute Gasteiger partial charge is 0.334 e. The maximum atomic E-state index is 11.5. The van der Waals surface area contributed by atoms with Crippen molar-refractivity contribution >= 4 is 23.5 Å². The molecule has 6 heteroatoms. The summed E-state index contributed by atoms with van der Waals surface area (Å²) >= 11 is 5.76. The maximum Gasteiger partial charge on any atom is 0.334 e. The Kier molecular flexibility index (Phi) is 6.32. The Hall–Kier alpha value is -1.59. The molecule has 2 N–H and O–H groups in total. The van der Waals surface area contributed by atoms with Crippen LogP contribution in [0, 0.1) is 0 Å². The van der Waals surface area contributed by atoms with Crippen LogP contribution >= 0.6 is 11.6 Å². The van der Waals surface area contributed by atoms with Gasteiger partial charge in [0.05, 0.1) is 6.54 Å². The fraction of sp³-hybridized carbons (Fsp3) is 0.385. The third kappa shape index (κ3) is 5.72. The molecule has 5 nitrogen and oxygen atoms in total. The number of carbonyl (C=O) groups excluding carboxylic acids is 1. The minimum Gasteiger partial charge on any atom is -0.479 e. The number of carboxylic acids is 1. The van der Waals surface area contributed by atoms with Gasteiger partial charge < -0.3 is 15.2 Å². The van der Waals surface area contributed by atoms with E-state index >= 15 is 0 Å². The van der Waals surface area contributed by atoms with Crippen molar-refractivity contribution in [2.45, 2.75) is 18.9 Å². The second-order valence-electron chi connectivity index (χ2n) is 3.99. The predicted octanol–water partition coefficient (Wildman–Crippen LogP) is 1.49. The van der Waals surface area contributed by atoms with Crippen LogP contribution in [-0.2, 0) is 20.7 Å². The van der Waals surface area contributed by atoms with Crippen molar-refractivity contribution in [3.8, 4) is 0 Å². The van der Waals surface area contributed by atoms with Gasteiger partial charge in [0.15, 0.2) is 6.10 Å². The van der Waals surface area contributed by atoms with Crippen molar-refractivity contribution in [3.05, 3.63) is 34.9 Å². The van der Waals surface area contributed by atoms with Crippen LogP contribution in [0.3, 0.4) is 0 Å². The first-order chi connectivity index (χ1) is 9.02. The lowest BCUT2D eigenvalue weighted by Gasteiger charge is -2.11. The highest BCUT2D eigenvalue weighted by molar-refractivity contribution is 6.30. The molecular formula is C13H16ClNO4. The molecule has 1 unspecified atom stereocenters. The summed E-state index contributed by atoms with van der Waals surface area (Å²) in [5.74, 6) is -1.31. The molecule has 0 saturated heterocycles. The fourth-order valence-corrected chi connectivity index (χ4v) is 1.60. The van der Waals surface area contributed by atoms with Crippen LogP contribution in [0.25, 0.3) is 0 Å². The normalized spacial score (nSPS) is 11.9. The van der Waals surface area contributed by atoms with E-state index in [0.29, 0.717) is 11.4 Å². The van der Waals surface area contributed by atoms with E-state index in [9.17, 15) is 9.59 Å². The first kappa shape index (κ1) is 15.5. The zero-order chi connectivity index (χ0) is 14.3. The fourth-order valence-electron chi connectivity index (χ4n) is 1.48. The van der Waals surface area contributed by atoms with Crippen LogP contribution in [-0.4, -0.2) is 36.7 Å². The van der Waals surface area contributed by atoms with Gasteiger partial charge in [-0.15, -0.1) is 0 Å². The number of amides is 1. The largest absolute Gasteiger partial charge is 0.479 e. The molecule has 0 aromatic heterocycles. The number of carbonyl (C=O) groups is 2. The van der Waals surface area contributed by atoms with Gasteiger partial charge in [-0.05, 0) is 24.1 Å². The number of nitrogens with one attached hydrogen (secondary N) is 1. The molecule has 0 saturated carbocycles. The molecule has 1 amide bonds. The number of rotatable bonds is 7. The van der Waals surface area contributed by atoms with Crippen LogP contribution in [0.1, 0.15) is 12.0 Å². The van der Waals surface area contributed by atoms with Crippen LogP contribution in [0.4, 0.5) is 0 Å². The summed E-state index contributed by atoms with van der Waals surface area (Å²) in [4.78, 5) is 22.2. The van der Waals surface area contributed by atoms with Gasteiger partial charge in [0.2, 0.25) is 5.91 Å². The molecule has 1 aromatic carbocycles. The van der Waals surface area contributed by atoms with Crippen molar-refractivity contribution in [1.82, 2.24) is 5.32 Å². The van der Waals surface area contributed by atoms with Gasteiger partial charge in [0, 0.05) is 18.6 Å². The van der Waals surface area contributed by atoms with Crippen LogP contribution in [0.15, 0.2) is 24.3 Å². The van der Waals surface area contributed by atoms with Crippen LogP contribution < -0.4 is 5.32 Å². The number of methoxy groups -OCH3 is 1. The van der Waals surface area contributed by atoms with Gasteiger partial charge in [0.25, 0.3) is 0 Å². The number of carboxylic acid groups (broad SMARTS) is 1. The van der Waals surface area contributed by atoms with E-state index in [0.717, 1.165) is 5.56 Å². The molecule has 0 fully saturated rings. The number of aliphatic carboxylic acids is 1. The Labute approximate surface area is 116 Å². The van der Waals surface area contributed by atoms with E-state index in [-0.39, 0.29) is 18.9 Å². The SMILES string of the molecule is COC(CNC(=O)CCc1ccc(Cl)cc1)C(=O)O. The summed E-state index contributed by atoms with van der Waals surface area (Å²) in [5.41, 5.74) is 1.00. The molecule has 0 aliphatic rings. The summed E-state index contributed by atoms with van der Waals surface area (Å²) in [6.45, 7) is -0.0364. The van der Waals surface area contributed by atoms with Crippen molar-refractivity contribution in [2.24, 2.45) is 0 Å². The standard InChI is InChI=1S/C13H16ClNO4/c1-19-11(13(17)18)8-15-12(16)7-4-9-2-5-10(14)6-3-9/h2-3,5-6,11H,4,7-8H2,1H3,(H,15,16)(H,17,18). The van der Waals surface area contributed by atoms with E-state index in [4.69, 9.17) is 21.4 Å². The number of ether oxygens (including phenoxy) is 1. The first-order valence-electron chi connectivity index (χ1n) is 5.79. The third-order valence-electron chi connectivity index (χ3n) is 2.60. The Balaban J connectivity index is 2.31. The lowest BCUT2D eigenvalue weighted by atomic mass is 10.1. The molecule has 1 aromatic rings. The molecule has 19 heavy (non-hydrogen) atoms. The van der Waals surface area contributed by atoms with Gasteiger partial charge in [-0.25, -0.2) is 4.79 Å². The lowest BCUT2D eigenvalue weighted by Crippen LogP contribution is -2.37. The first-order valence-corrected chi connectivity index (χ1v) is 6.17. The van der Waals surface area contributed by atoms with E-state index in [1.165, 1.54) is 7.11 Å². The van der Waals surface area contributed by atoms with Gasteiger partial charge in [-0.3, -0.25) is 4.79 Å². The molecule has 0 radical (unpaired) electrons.